The van der Waals surface area contributed by atoms with Crippen molar-refractivity contribution < 1.29 is 14.3 Å². The van der Waals surface area contributed by atoms with E-state index in [2.05, 4.69) is 10.2 Å². The highest BCUT2D eigenvalue weighted by Gasteiger charge is 2.40. The Kier molecular flexibility index (Phi) is 9.08. The van der Waals surface area contributed by atoms with Crippen molar-refractivity contribution >= 4 is 51.9 Å². The predicted octanol–water partition coefficient (Wildman–Crippen LogP) is 4.31. The van der Waals surface area contributed by atoms with E-state index < -0.39 is 5.25 Å². The van der Waals surface area contributed by atoms with Crippen LogP contribution in [0.4, 0.5) is 11.4 Å². The van der Waals surface area contributed by atoms with Crippen LogP contribution in [-0.4, -0.2) is 48.6 Å². The molecule has 0 bridgehead atoms. The van der Waals surface area contributed by atoms with E-state index >= 15 is 0 Å². The number of allylic oxidation sites excluding steroid dienone is 1. The van der Waals surface area contributed by atoms with Crippen LogP contribution in [0.25, 0.3) is 6.08 Å². The van der Waals surface area contributed by atoms with Gasteiger partial charge in [0.1, 0.15) is 11.0 Å². The molecule has 184 valence electrons. The lowest BCUT2D eigenvalue weighted by atomic mass is 10.2. The second-order valence-corrected chi connectivity index (χ2v) is 9.44. The third kappa shape index (κ3) is 7.19. The summed E-state index contributed by atoms with van der Waals surface area (Å²) in [4.78, 5) is 28.6. The Bertz CT molecular complexity index is 1120. The fourth-order valence-corrected chi connectivity index (χ4v) is 4.12. The van der Waals surface area contributed by atoms with E-state index in [0.717, 1.165) is 29.4 Å². The molecule has 1 aliphatic heterocycles. The van der Waals surface area contributed by atoms with E-state index in [0.29, 0.717) is 23.8 Å². The van der Waals surface area contributed by atoms with Crippen molar-refractivity contribution in [3.63, 3.8) is 0 Å². The van der Waals surface area contributed by atoms with Gasteiger partial charge in [-0.15, -0.1) is 5.10 Å². The van der Waals surface area contributed by atoms with Crippen molar-refractivity contribution in [1.82, 2.24) is 0 Å². The number of amides is 2. The van der Waals surface area contributed by atoms with Crippen LogP contribution in [0.5, 0.6) is 5.75 Å². The normalized spacial score (nSPS) is 16.9. The lowest BCUT2D eigenvalue weighted by Crippen LogP contribution is -2.31. The summed E-state index contributed by atoms with van der Waals surface area (Å²) in [6, 6.07) is 15.0. The standard InChI is InChI=1S/C26H31N5O3S/c1-5-16-34-22-14-12-21(13-15-22)31-24(32)17-23(25(31)33)35-26(27)29-28-18(2)6-7-19-8-10-20(11-9-19)30(3)4/h6-15,23H,5,16-17H2,1-4H3,(H2,27,29)/b7-6+,28-18-/t23-/m0/s1. The first-order valence-corrected chi connectivity index (χ1v) is 12.3. The molecule has 1 atom stereocenters. The molecule has 3 rings (SSSR count). The maximum Gasteiger partial charge on any atom is 0.247 e. The van der Waals surface area contributed by atoms with Crippen LogP contribution >= 0.6 is 11.8 Å². The van der Waals surface area contributed by atoms with E-state index in [1.54, 1.807) is 24.3 Å². The smallest absolute Gasteiger partial charge is 0.247 e. The van der Waals surface area contributed by atoms with Crippen molar-refractivity contribution in [3.05, 3.63) is 60.2 Å². The first-order valence-electron chi connectivity index (χ1n) is 11.4. The number of benzene rings is 2. The number of anilines is 2. The molecular weight excluding hydrogens is 462 g/mol. The number of nitrogens with zero attached hydrogens (tertiary/aromatic N) is 4. The van der Waals surface area contributed by atoms with Crippen LogP contribution in [0, 0.1) is 0 Å². The SMILES string of the molecule is CCCOc1ccc(N2C(=O)C[C@H](SC(N)=N/N=C(C)\C=C\c3ccc(N(C)C)cc3)C2=O)cc1. The molecule has 0 radical (unpaired) electrons. The van der Waals surface area contributed by atoms with E-state index in [-0.39, 0.29) is 23.4 Å². The largest absolute Gasteiger partial charge is 0.494 e. The third-order valence-electron chi connectivity index (χ3n) is 5.17. The van der Waals surface area contributed by atoms with Crippen molar-refractivity contribution in [2.75, 3.05) is 30.5 Å². The topological polar surface area (TPSA) is 101 Å². The first-order chi connectivity index (χ1) is 16.8. The van der Waals surface area contributed by atoms with Gasteiger partial charge in [-0.1, -0.05) is 36.9 Å². The Morgan fingerprint density at radius 1 is 1.14 bits per heavy atom. The van der Waals surface area contributed by atoms with Gasteiger partial charge < -0.3 is 15.4 Å². The summed E-state index contributed by atoms with van der Waals surface area (Å²) >= 11 is 1.05. The summed E-state index contributed by atoms with van der Waals surface area (Å²) in [7, 11) is 3.99. The van der Waals surface area contributed by atoms with Crippen molar-refractivity contribution in [1.29, 1.82) is 0 Å². The number of thioether (sulfide) groups is 1. The zero-order chi connectivity index (χ0) is 25.4. The minimum atomic E-state index is -0.636. The molecule has 0 spiro atoms. The maximum absolute atomic E-state index is 12.9. The van der Waals surface area contributed by atoms with Crippen LogP contribution in [0.2, 0.25) is 0 Å². The van der Waals surface area contributed by atoms with Gasteiger partial charge in [0.15, 0.2) is 5.17 Å². The first kappa shape index (κ1) is 26.0. The van der Waals surface area contributed by atoms with Crippen molar-refractivity contribution in [2.45, 2.75) is 31.9 Å². The van der Waals surface area contributed by atoms with Crippen molar-refractivity contribution in [3.8, 4) is 5.75 Å². The molecule has 1 saturated heterocycles. The summed E-state index contributed by atoms with van der Waals surface area (Å²) < 4.78 is 5.56. The van der Waals surface area contributed by atoms with Crippen LogP contribution in [-0.2, 0) is 9.59 Å². The second-order valence-electron chi connectivity index (χ2n) is 8.22. The number of imide groups is 1. The second kappa shape index (κ2) is 12.2. The average Bonchev–Trinajstić information content (AvgIpc) is 3.13. The number of carbonyl (C=O) groups is 2. The molecule has 8 nitrogen and oxygen atoms in total. The lowest BCUT2D eigenvalue weighted by molar-refractivity contribution is -0.121. The molecule has 2 aromatic carbocycles. The van der Waals surface area contributed by atoms with Gasteiger partial charge in [-0.05, 0) is 61.4 Å². The Labute approximate surface area is 210 Å². The Hall–Kier alpha value is -3.59. The minimum Gasteiger partial charge on any atom is -0.494 e. The molecule has 2 N–H and O–H groups in total. The predicted molar refractivity (Wildman–Crippen MR) is 145 cm³/mol. The Balaban J connectivity index is 1.59. The molecule has 1 aliphatic rings. The summed E-state index contributed by atoms with van der Waals surface area (Å²) in [6.45, 7) is 4.45. The Morgan fingerprint density at radius 2 is 1.83 bits per heavy atom. The average molecular weight is 494 g/mol. The lowest BCUT2D eigenvalue weighted by Gasteiger charge is -2.15. The highest BCUT2D eigenvalue weighted by molar-refractivity contribution is 8.14. The molecule has 0 unspecified atom stereocenters. The Morgan fingerprint density at radius 3 is 2.46 bits per heavy atom. The third-order valence-corrected chi connectivity index (χ3v) is 6.14. The highest BCUT2D eigenvalue weighted by Crippen LogP contribution is 2.30. The molecule has 1 heterocycles. The summed E-state index contributed by atoms with van der Waals surface area (Å²) in [6.07, 6.45) is 4.73. The fraction of sp³-hybridized carbons (Fsp3) is 0.308. The summed E-state index contributed by atoms with van der Waals surface area (Å²) in [5.41, 5.74) is 9.33. The van der Waals surface area contributed by atoms with Crippen LogP contribution in [0.1, 0.15) is 32.3 Å². The number of amidine groups is 1. The number of carbonyl (C=O) groups excluding carboxylic acids is 2. The van der Waals surface area contributed by atoms with Gasteiger partial charge in [0.2, 0.25) is 11.8 Å². The van der Waals surface area contributed by atoms with Gasteiger partial charge in [0, 0.05) is 26.2 Å². The molecule has 1 fully saturated rings. The molecule has 2 aromatic rings. The molecule has 2 amide bonds. The van der Waals surface area contributed by atoms with Crippen LogP contribution < -0.4 is 20.3 Å². The number of nitrogens with two attached hydrogens (primary N) is 1. The number of rotatable bonds is 9. The summed E-state index contributed by atoms with van der Waals surface area (Å²) in [5.74, 6) is 0.109. The number of hydrogen-bond donors (Lipinski definition) is 1. The number of ether oxygens (including phenoxy) is 1. The zero-order valence-electron chi connectivity index (χ0n) is 20.5. The zero-order valence-corrected chi connectivity index (χ0v) is 21.3. The van der Waals surface area contributed by atoms with E-state index in [1.165, 1.54) is 4.90 Å². The van der Waals surface area contributed by atoms with Gasteiger partial charge in [0.05, 0.1) is 18.0 Å². The van der Waals surface area contributed by atoms with Gasteiger partial charge >= 0.3 is 0 Å². The quantitative estimate of drug-likeness (QED) is 0.242. The monoisotopic (exact) mass is 493 g/mol. The molecule has 0 aromatic heterocycles. The van der Waals surface area contributed by atoms with Crippen molar-refractivity contribution in [2.24, 2.45) is 15.9 Å². The van der Waals surface area contributed by atoms with Gasteiger partial charge in [-0.2, -0.15) is 5.10 Å². The van der Waals surface area contributed by atoms with Crippen LogP contribution in [0.3, 0.4) is 0 Å². The molecular formula is C26H31N5O3S. The molecule has 9 heteroatoms. The fourth-order valence-electron chi connectivity index (χ4n) is 3.31. The molecule has 0 aliphatic carbocycles. The van der Waals surface area contributed by atoms with Gasteiger partial charge in [-0.25, -0.2) is 4.90 Å². The summed E-state index contributed by atoms with van der Waals surface area (Å²) in [5, 5.41) is 7.64. The maximum atomic E-state index is 12.9. The van der Waals surface area contributed by atoms with E-state index in [9.17, 15) is 9.59 Å². The van der Waals surface area contributed by atoms with Crippen LogP contribution in [0.15, 0.2) is 64.8 Å². The van der Waals surface area contributed by atoms with E-state index in [1.807, 2.05) is 69.3 Å². The van der Waals surface area contributed by atoms with E-state index in [4.69, 9.17) is 10.5 Å². The molecule has 0 saturated carbocycles. The minimum absolute atomic E-state index is 0.0549. The van der Waals surface area contributed by atoms with Gasteiger partial charge in [0.25, 0.3) is 0 Å². The molecule has 35 heavy (non-hydrogen) atoms. The number of hydrogen-bond acceptors (Lipinski definition) is 7. The highest BCUT2D eigenvalue weighted by atomic mass is 32.2. The van der Waals surface area contributed by atoms with Gasteiger partial charge in [-0.3, -0.25) is 9.59 Å².